The first-order valence-electron chi connectivity index (χ1n) is 5.91. The monoisotopic (exact) mass is 325 g/mol. The third kappa shape index (κ3) is 5.62. The second-order valence-corrected chi connectivity index (χ2v) is 6.29. The summed E-state index contributed by atoms with van der Waals surface area (Å²) in [6.45, 7) is 1.47. The Balaban J connectivity index is 2.89. The second-order valence-electron chi connectivity index (χ2n) is 4.45. The van der Waals surface area contributed by atoms with E-state index in [1.165, 1.54) is 6.92 Å². The number of nitrogens with one attached hydrogen (secondary N) is 1. The summed E-state index contributed by atoms with van der Waals surface area (Å²) in [7, 11) is -3.90. The van der Waals surface area contributed by atoms with Crippen molar-refractivity contribution >= 4 is 21.7 Å². The zero-order valence-electron chi connectivity index (χ0n) is 11.1. The number of rotatable bonds is 6. The van der Waals surface area contributed by atoms with Crippen LogP contribution in [0, 0.1) is 6.92 Å². The van der Waals surface area contributed by atoms with Gasteiger partial charge >= 0.3 is 12.1 Å². The van der Waals surface area contributed by atoms with Gasteiger partial charge in [0.25, 0.3) is 0 Å². The van der Waals surface area contributed by atoms with Crippen LogP contribution >= 0.6 is 0 Å². The Labute approximate surface area is 119 Å². The fourth-order valence-corrected chi connectivity index (χ4v) is 2.72. The van der Waals surface area contributed by atoms with Gasteiger partial charge in [-0.3, -0.25) is 9.52 Å². The largest absolute Gasteiger partial charge is 0.481 e. The van der Waals surface area contributed by atoms with Crippen molar-refractivity contribution in [2.45, 2.75) is 25.9 Å². The predicted octanol–water partition coefficient (Wildman–Crippen LogP) is 2.62. The number of sulfonamides is 1. The third-order valence-electron chi connectivity index (χ3n) is 2.63. The molecule has 118 valence electrons. The Morgan fingerprint density at radius 2 is 1.95 bits per heavy atom. The van der Waals surface area contributed by atoms with E-state index in [0.29, 0.717) is 11.6 Å². The zero-order valence-corrected chi connectivity index (χ0v) is 11.9. The summed E-state index contributed by atoms with van der Waals surface area (Å²) in [5.74, 6) is -1.62. The van der Waals surface area contributed by atoms with Crippen molar-refractivity contribution in [3.8, 4) is 0 Å². The lowest BCUT2D eigenvalue weighted by atomic mass is 10.1. The molecule has 0 fully saturated rings. The molecule has 0 aromatic heterocycles. The summed E-state index contributed by atoms with van der Waals surface area (Å²) in [6, 6.07) is 2.74. The molecule has 0 amide bonds. The van der Waals surface area contributed by atoms with Crippen LogP contribution in [0.3, 0.4) is 0 Å². The molecule has 1 aromatic carbocycles. The van der Waals surface area contributed by atoms with Gasteiger partial charge in [-0.05, 0) is 31.0 Å². The van der Waals surface area contributed by atoms with E-state index < -0.39 is 33.5 Å². The Morgan fingerprint density at radius 1 is 1.33 bits per heavy atom. The van der Waals surface area contributed by atoms with Crippen molar-refractivity contribution in [3.05, 3.63) is 29.3 Å². The van der Waals surface area contributed by atoms with Crippen LogP contribution in [0.2, 0.25) is 0 Å². The van der Waals surface area contributed by atoms with Crippen LogP contribution in [0.15, 0.2) is 18.2 Å². The molecule has 0 aliphatic carbocycles. The fraction of sp³-hybridized carbons (Fsp3) is 0.417. The Kier molecular flexibility index (Phi) is 5.21. The maximum atomic E-state index is 12.6. The van der Waals surface area contributed by atoms with Crippen LogP contribution in [-0.2, 0) is 21.0 Å². The minimum atomic E-state index is -4.57. The first kappa shape index (κ1) is 17.3. The molecule has 0 unspecified atom stereocenters. The molecule has 1 rings (SSSR count). The Bertz CT molecular complexity index is 626. The minimum Gasteiger partial charge on any atom is -0.481 e. The summed E-state index contributed by atoms with van der Waals surface area (Å²) in [5.41, 5.74) is -0.790. The average molecular weight is 325 g/mol. The molecular formula is C12H14F3NO4S. The number of alkyl halides is 3. The molecule has 0 aliphatic rings. The van der Waals surface area contributed by atoms with Gasteiger partial charge in [-0.1, -0.05) is 6.07 Å². The van der Waals surface area contributed by atoms with E-state index in [0.717, 1.165) is 12.1 Å². The van der Waals surface area contributed by atoms with Crippen molar-refractivity contribution in [2.24, 2.45) is 0 Å². The van der Waals surface area contributed by atoms with Gasteiger partial charge in [0.2, 0.25) is 10.0 Å². The van der Waals surface area contributed by atoms with E-state index in [4.69, 9.17) is 5.11 Å². The molecule has 5 nitrogen and oxygen atoms in total. The number of hydrogen-bond donors (Lipinski definition) is 2. The minimum absolute atomic E-state index is 0.122. The van der Waals surface area contributed by atoms with Gasteiger partial charge in [0, 0.05) is 6.42 Å². The van der Waals surface area contributed by atoms with Crippen LogP contribution in [0.5, 0.6) is 0 Å². The summed E-state index contributed by atoms with van der Waals surface area (Å²) >= 11 is 0. The first-order chi connectivity index (χ1) is 9.51. The van der Waals surface area contributed by atoms with Crippen LogP contribution in [0.25, 0.3) is 0 Å². The van der Waals surface area contributed by atoms with E-state index in [9.17, 15) is 26.4 Å². The van der Waals surface area contributed by atoms with Crippen molar-refractivity contribution in [1.82, 2.24) is 0 Å². The smallest absolute Gasteiger partial charge is 0.416 e. The summed E-state index contributed by atoms with van der Waals surface area (Å²) in [6.07, 6.45) is -5.03. The van der Waals surface area contributed by atoms with Gasteiger partial charge in [0.15, 0.2) is 0 Å². The molecule has 1 aromatic rings. The van der Waals surface area contributed by atoms with Crippen molar-refractivity contribution in [1.29, 1.82) is 0 Å². The number of carboxylic acids is 1. The highest BCUT2D eigenvalue weighted by atomic mass is 32.2. The number of aliphatic carboxylic acids is 1. The molecule has 9 heteroatoms. The number of aryl methyl sites for hydroxylation is 1. The number of benzene rings is 1. The van der Waals surface area contributed by atoms with E-state index in [2.05, 4.69) is 4.72 Å². The van der Waals surface area contributed by atoms with Crippen molar-refractivity contribution in [3.63, 3.8) is 0 Å². The van der Waals surface area contributed by atoms with Crippen LogP contribution in [-0.4, -0.2) is 25.2 Å². The number of hydrogen-bond acceptors (Lipinski definition) is 3. The molecule has 0 saturated heterocycles. The normalized spacial score (nSPS) is 12.2. The summed E-state index contributed by atoms with van der Waals surface area (Å²) in [4.78, 5) is 10.3. The number of carboxylic acid groups (broad SMARTS) is 1. The van der Waals surface area contributed by atoms with Crippen molar-refractivity contribution in [2.75, 3.05) is 10.5 Å². The predicted molar refractivity (Wildman–Crippen MR) is 70.5 cm³/mol. The molecule has 0 saturated carbocycles. The molecule has 0 heterocycles. The number of halogens is 3. The first-order valence-corrected chi connectivity index (χ1v) is 7.56. The Hall–Kier alpha value is -1.77. The molecular weight excluding hydrogens is 311 g/mol. The zero-order chi connectivity index (χ0) is 16.3. The molecule has 2 N–H and O–H groups in total. The topological polar surface area (TPSA) is 83.5 Å². The van der Waals surface area contributed by atoms with Gasteiger partial charge in [0.05, 0.1) is 17.0 Å². The Morgan fingerprint density at radius 3 is 2.48 bits per heavy atom. The molecule has 0 spiro atoms. The van der Waals surface area contributed by atoms with Gasteiger partial charge < -0.3 is 5.11 Å². The van der Waals surface area contributed by atoms with Gasteiger partial charge in [-0.15, -0.1) is 0 Å². The maximum Gasteiger partial charge on any atom is 0.416 e. The quantitative estimate of drug-likeness (QED) is 0.842. The molecule has 0 bridgehead atoms. The van der Waals surface area contributed by atoms with Gasteiger partial charge in [-0.25, -0.2) is 8.42 Å². The summed E-state index contributed by atoms with van der Waals surface area (Å²) in [5, 5.41) is 8.43. The van der Waals surface area contributed by atoms with E-state index in [1.807, 2.05) is 0 Å². The van der Waals surface area contributed by atoms with Crippen molar-refractivity contribution < 1.29 is 31.5 Å². The van der Waals surface area contributed by atoms with E-state index >= 15 is 0 Å². The van der Waals surface area contributed by atoms with E-state index in [-0.39, 0.29) is 18.5 Å². The summed E-state index contributed by atoms with van der Waals surface area (Å²) < 4.78 is 63.2. The van der Waals surface area contributed by atoms with Crippen LogP contribution in [0.4, 0.5) is 18.9 Å². The molecule has 0 atom stereocenters. The molecule has 21 heavy (non-hydrogen) atoms. The number of anilines is 1. The lowest BCUT2D eigenvalue weighted by Gasteiger charge is -2.13. The second kappa shape index (κ2) is 6.33. The van der Waals surface area contributed by atoms with Crippen LogP contribution in [0.1, 0.15) is 24.0 Å². The standard InChI is InChI=1S/C12H14F3NO4S/c1-8-4-5-9(12(13,14)15)7-10(8)16-21(19,20)6-2-3-11(17)18/h4-5,7,16H,2-3,6H2,1H3,(H,17,18). The fourth-order valence-electron chi connectivity index (χ4n) is 1.54. The molecule has 0 aliphatic heterocycles. The highest BCUT2D eigenvalue weighted by Crippen LogP contribution is 2.32. The molecule has 0 radical (unpaired) electrons. The van der Waals surface area contributed by atoms with E-state index in [1.54, 1.807) is 0 Å². The number of carbonyl (C=O) groups is 1. The van der Waals surface area contributed by atoms with Gasteiger partial charge in [0.1, 0.15) is 0 Å². The maximum absolute atomic E-state index is 12.6. The highest BCUT2D eigenvalue weighted by Gasteiger charge is 2.31. The SMILES string of the molecule is Cc1ccc(C(F)(F)F)cc1NS(=O)(=O)CCCC(=O)O. The highest BCUT2D eigenvalue weighted by molar-refractivity contribution is 7.92. The lowest BCUT2D eigenvalue weighted by molar-refractivity contribution is -0.138. The third-order valence-corrected chi connectivity index (χ3v) is 3.99. The van der Waals surface area contributed by atoms with Crippen LogP contribution < -0.4 is 4.72 Å². The lowest BCUT2D eigenvalue weighted by Crippen LogP contribution is -2.18. The average Bonchev–Trinajstić information content (AvgIpc) is 2.29. The van der Waals surface area contributed by atoms with Gasteiger partial charge in [-0.2, -0.15) is 13.2 Å².